The van der Waals surface area contributed by atoms with Gasteiger partial charge >= 0.3 is 0 Å². The topological polar surface area (TPSA) is 47.8 Å². The second kappa shape index (κ2) is 6.28. The van der Waals surface area contributed by atoms with Gasteiger partial charge in [0.05, 0.1) is 11.0 Å². The third-order valence-corrected chi connectivity index (χ3v) is 5.65. The number of hydrogen-bond donors (Lipinski definition) is 0. The van der Waals surface area contributed by atoms with Crippen LogP contribution in [0.25, 0.3) is 0 Å². The lowest BCUT2D eigenvalue weighted by atomic mass is 10.1. The molecule has 4 nitrogen and oxygen atoms in total. The Morgan fingerprint density at radius 1 is 1.45 bits per heavy atom. The molecule has 0 bridgehead atoms. The van der Waals surface area contributed by atoms with Crippen molar-refractivity contribution >= 4 is 10.8 Å². The molecular formula is C16H20FN3OS. The molecule has 0 spiro atoms. The molecule has 118 valence electrons. The predicted molar refractivity (Wildman–Crippen MR) is 84.2 cm³/mol. The monoisotopic (exact) mass is 321 g/mol. The van der Waals surface area contributed by atoms with E-state index in [4.69, 9.17) is 0 Å². The van der Waals surface area contributed by atoms with E-state index in [-0.39, 0.29) is 11.1 Å². The summed E-state index contributed by atoms with van der Waals surface area (Å²) in [5.41, 5.74) is 1.62. The third-order valence-electron chi connectivity index (χ3n) is 3.98. The van der Waals surface area contributed by atoms with Gasteiger partial charge in [0.25, 0.3) is 0 Å². The Kier molecular flexibility index (Phi) is 4.38. The summed E-state index contributed by atoms with van der Waals surface area (Å²) in [5, 5.41) is 4.10. The minimum Gasteiger partial charge on any atom is -0.258 e. The van der Waals surface area contributed by atoms with Crippen LogP contribution in [0.15, 0.2) is 24.5 Å². The van der Waals surface area contributed by atoms with Crippen LogP contribution in [-0.4, -0.2) is 19.0 Å². The number of fused-ring (bicyclic) bond motifs is 1. The number of aromatic nitrogens is 3. The van der Waals surface area contributed by atoms with Crippen LogP contribution >= 0.6 is 0 Å². The molecule has 2 unspecified atom stereocenters. The third kappa shape index (κ3) is 2.97. The maximum atomic E-state index is 13.8. The van der Waals surface area contributed by atoms with Gasteiger partial charge in [0, 0.05) is 17.3 Å². The quantitative estimate of drug-likeness (QED) is 0.850. The molecule has 1 aliphatic rings. The minimum absolute atomic E-state index is 0.102. The van der Waals surface area contributed by atoms with Crippen molar-refractivity contribution in [2.75, 3.05) is 0 Å². The second-order valence-electron chi connectivity index (χ2n) is 6.11. The highest BCUT2D eigenvalue weighted by Crippen LogP contribution is 2.37. The lowest BCUT2D eigenvalue weighted by Crippen LogP contribution is -2.14. The Morgan fingerprint density at radius 2 is 2.27 bits per heavy atom. The van der Waals surface area contributed by atoms with Gasteiger partial charge < -0.3 is 0 Å². The fourth-order valence-corrected chi connectivity index (χ4v) is 4.53. The predicted octanol–water partition coefficient (Wildman–Crippen LogP) is 3.01. The zero-order valence-electron chi connectivity index (χ0n) is 12.8. The van der Waals surface area contributed by atoms with E-state index >= 15 is 0 Å². The molecule has 0 saturated heterocycles. The summed E-state index contributed by atoms with van der Waals surface area (Å²) >= 11 is 0. The average molecular weight is 321 g/mol. The Bertz CT molecular complexity index is 698. The van der Waals surface area contributed by atoms with E-state index in [1.165, 1.54) is 12.4 Å². The molecule has 1 aliphatic carbocycles. The van der Waals surface area contributed by atoms with Crippen molar-refractivity contribution in [3.05, 3.63) is 47.3 Å². The lowest BCUT2D eigenvalue weighted by Gasteiger charge is -2.13. The number of rotatable bonds is 5. The standard InChI is InChI=1S/C16H20FN3OS/c1-11(2)8-20-16(18-10-19-20)9-22(21)15-7-6-12-13(15)4-3-5-14(12)17/h3-5,10-11,15H,6-9H2,1-2H3. The molecule has 3 rings (SSSR count). The Labute approximate surface area is 132 Å². The first-order valence-corrected chi connectivity index (χ1v) is 8.95. The number of hydrogen-bond acceptors (Lipinski definition) is 3. The zero-order chi connectivity index (χ0) is 15.7. The van der Waals surface area contributed by atoms with Gasteiger partial charge in [-0.1, -0.05) is 26.0 Å². The summed E-state index contributed by atoms with van der Waals surface area (Å²) in [6.07, 6.45) is 2.91. The van der Waals surface area contributed by atoms with E-state index in [1.54, 1.807) is 6.07 Å². The molecule has 0 fully saturated rings. The van der Waals surface area contributed by atoms with Gasteiger partial charge in [0.1, 0.15) is 18.0 Å². The number of benzene rings is 1. The van der Waals surface area contributed by atoms with Gasteiger partial charge in [-0.25, -0.2) is 14.1 Å². The fraction of sp³-hybridized carbons (Fsp3) is 0.500. The maximum absolute atomic E-state index is 13.8. The summed E-state index contributed by atoms with van der Waals surface area (Å²) in [6.45, 7) is 4.99. The lowest BCUT2D eigenvalue weighted by molar-refractivity contribution is 0.471. The molecule has 0 N–H and O–H groups in total. The van der Waals surface area contributed by atoms with Crippen molar-refractivity contribution < 1.29 is 8.60 Å². The molecule has 2 atom stereocenters. The van der Waals surface area contributed by atoms with Crippen LogP contribution in [0.2, 0.25) is 0 Å². The summed E-state index contributed by atoms with van der Waals surface area (Å²) < 4.78 is 28.3. The van der Waals surface area contributed by atoms with Gasteiger partial charge in [-0.3, -0.25) is 4.21 Å². The van der Waals surface area contributed by atoms with Crippen LogP contribution in [0.3, 0.4) is 0 Å². The Morgan fingerprint density at radius 3 is 3.05 bits per heavy atom. The molecule has 1 aromatic heterocycles. The Balaban J connectivity index is 1.77. The fourth-order valence-electron chi connectivity index (χ4n) is 2.97. The van der Waals surface area contributed by atoms with Crippen LogP contribution < -0.4 is 0 Å². The highest BCUT2D eigenvalue weighted by atomic mass is 32.2. The first-order valence-electron chi connectivity index (χ1n) is 7.57. The molecule has 0 aliphatic heterocycles. The first-order chi connectivity index (χ1) is 10.6. The molecule has 6 heteroatoms. The molecule has 0 saturated carbocycles. The molecule has 1 aromatic carbocycles. The van der Waals surface area contributed by atoms with E-state index in [1.807, 2.05) is 10.7 Å². The smallest absolute Gasteiger partial charge is 0.139 e. The molecule has 0 radical (unpaired) electrons. The van der Waals surface area contributed by atoms with Crippen LogP contribution in [0, 0.1) is 11.7 Å². The normalized spacial score (nSPS) is 18.6. The van der Waals surface area contributed by atoms with E-state index in [0.29, 0.717) is 18.1 Å². The van der Waals surface area contributed by atoms with Gasteiger partial charge in [-0.15, -0.1) is 0 Å². The van der Waals surface area contributed by atoms with Crippen LogP contribution in [-0.2, 0) is 29.5 Å². The average Bonchev–Trinajstić information content (AvgIpc) is 3.06. The van der Waals surface area contributed by atoms with Gasteiger partial charge in [0.15, 0.2) is 0 Å². The van der Waals surface area contributed by atoms with Crippen LogP contribution in [0.1, 0.15) is 42.5 Å². The molecular weight excluding hydrogens is 301 g/mol. The van der Waals surface area contributed by atoms with E-state index in [9.17, 15) is 8.60 Å². The van der Waals surface area contributed by atoms with Gasteiger partial charge in [0.2, 0.25) is 0 Å². The highest BCUT2D eigenvalue weighted by molar-refractivity contribution is 7.84. The molecule has 0 amide bonds. The van der Waals surface area contributed by atoms with Crippen molar-refractivity contribution in [3.8, 4) is 0 Å². The van der Waals surface area contributed by atoms with Crippen LogP contribution in [0.5, 0.6) is 0 Å². The molecule has 22 heavy (non-hydrogen) atoms. The summed E-state index contributed by atoms with van der Waals surface area (Å²) in [5.74, 6) is 1.39. The molecule has 2 aromatic rings. The van der Waals surface area contributed by atoms with Gasteiger partial charge in [-0.2, -0.15) is 5.10 Å². The minimum atomic E-state index is -1.11. The van der Waals surface area contributed by atoms with E-state index in [2.05, 4.69) is 23.9 Å². The largest absolute Gasteiger partial charge is 0.258 e. The van der Waals surface area contributed by atoms with Crippen molar-refractivity contribution in [3.63, 3.8) is 0 Å². The molecule has 1 heterocycles. The summed E-state index contributed by atoms with van der Waals surface area (Å²) in [6, 6.07) is 5.07. The van der Waals surface area contributed by atoms with E-state index < -0.39 is 10.8 Å². The SMILES string of the molecule is CC(C)Cn1ncnc1CS(=O)C1CCc2c(F)cccc21. The Hall–Kier alpha value is -1.56. The zero-order valence-corrected chi connectivity index (χ0v) is 13.6. The van der Waals surface area contributed by atoms with Crippen molar-refractivity contribution in [1.29, 1.82) is 0 Å². The van der Waals surface area contributed by atoms with Crippen molar-refractivity contribution in [2.45, 2.75) is 44.2 Å². The number of halogens is 1. The summed E-state index contributed by atoms with van der Waals surface area (Å²) in [7, 11) is -1.11. The first kappa shape index (κ1) is 15.3. The van der Waals surface area contributed by atoms with E-state index in [0.717, 1.165) is 29.9 Å². The summed E-state index contributed by atoms with van der Waals surface area (Å²) in [4.78, 5) is 4.24. The van der Waals surface area contributed by atoms with Crippen molar-refractivity contribution in [1.82, 2.24) is 14.8 Å². The second-order valence-corrected chi connectivity index (χ2v) is 7.73. The van der Waals surface area contributed by atoms with Gasteiger partial charge in [-0.05, 0) is 36.0 Å². The van der Waals surface area contributed by atoms with Crippen LogP contribution in [0.4, 0.5) is 4.39 Å². The van der Waals surface area contributed by atoms with Crippen molar-refractivity contribution in [2.24, 2.45) is 5.92 Å². The number of nitrogens with zero attached hydrogens (tertiary/aromatic N) is 3. The highest BCUT2D eigenvalue weighted by Gasteiger charge is 2.30. The maximum Gasteiger partial charge on any atom is 0.139 e.